The molecular formula is C19H29N3O2. The van der Waals surface area contributed by atoms with E-state index in [1.807, 2.05) is 68.9 Å². The molecule has 0 atom stereocenters. The molecule has 1 aromatic rings. The van der Waals surface area contributed by atoms with Crippen LogP contribution in [0.2, 0.25) is 0 Å². The highest BCUT2D eigenvalue weighted by Crippen LogP contribution is 2.19. The van der Waals surface area contributed by atoms with Gasteiger partial charge in [-0.25, -0.2) is 0 Å². The zero-order chi connectivity index (χ0) is 17.9. The summed E-state index contributed by atoms with van der Waals surface area (Å²) in [5.74, 6) is 0.144. The maximum atomic E-state index is 12.7. The lowest BCUT2D eigenvalue weighted by atomic mass is 9.94. The second kappa shape index (κ2) is 7.24. The zero-order valence-corrected chi connectivity index (χ0v) is 15.4. The Labute approximate surface area is 145 Å². The molecule has 1 aliphatic heterocycles. The minimum Gasteiger partial charge on any atom is -0.378 e. The van der Waals surface area contributed by atoms with Gasteiger partial charge in [-0.2, -0.15) is 0 Å². The fraction of sp³-hybridized carbons (Fsp3) is 0.579. The predicted molar refractivity (Wildman–Crippen MR) is 97.3 cm³/mol. The maximum absolute atomic E-state index is 12.7. The van der Waals surface area contributed by atoms with Crippen molar-refractivity contribution in [3.63, 3.8) is 0 Å². The third kappa shape index (κ3) is 4.49. The van der Waals surface area contributed by atoms with E-state index in [-0.39, 0.29) is 23.3 Å². The van der Waals surface area contributed by atoms with Crippen molar-refractivity contribution in [2.75, 3.05) is 32.1 Å². The van der Waals surface area contributed by atoms with Crippen LogP contribution in [-0.4, -0.2) is 49.9 Å². The van der Waals surface area contributed by atoms with Gasteiger partial charge in [0.05, 0.1) is 0 Å². The van der Waals surface area contributed by atoms with Crippen molar-refractivity contribution in [3.8, 4) is 0 Å². The Morgan fingerprint density at radius 3 is 2.33 bits per heavy atom. The van der Waals surface area contributed by atoms with Crippen LogP contribution >= 0.6 is 0 Å². The van der Waals surface area contributed by atoms with Crippen LogP contribution in [0, 0.1) is 5.41 Å². The number of anilines is 1. The van der Waals surface area contributed by atoms with Crippen LogP contribution in [0.1, 0.15) is 44.0 Å². The lowest BCUT2D eigenvalue weighted by molar-refractivity contribution is -0.129. The first-order valence-electron chi connectivity index (χ1n) is 8.56. The summed E-state index contributed by atoms with van der Waals surface area (Å²) in [5.41, 5.74) is 1.37. The van der Waals surface area contributed by atoms with Crippen LogP contribution in [0.25, 0.3) is 0 Å². The molecule has 1 aliphatic rings. The van der Waals surface area contributed by atoms with Gasteiger partial charge in [0, 0.05) is 49.9 Å². The molecule has 2 amide bonds. The highest BCUT2D eigenvalue weighted by molar-refractivity contribution is 5.95. The van der Waals surface area contributed by atoms with Crippen molar-refractivity contribution >= 4 is 17.5 Å². The molecule has 2 rings (SSSR count). The van der Waals surface area contributed by atoms with Gasteiger partial charge in [0.1, 0.15) is 0 Å². The third-order valence-electron chi connectivity index (χ3n) is 4.41. The number of rotatable bonds is 3. The van der Waals surface area contributed by atoms with Crippen LogP contribution < -0.4 is 10.2 Å². The van der Waals surface area contributed by atoms with Gasteiger partial charge in [0.25, 0.3) is 5.91 Å². The number of nitrogens with one attached hydrogen (secondary N) is 1. The van der Waals surface area contributed by atoms with Gasteiger partial charge in [0.15, 0.2) is 0 Å². The number of piperidine rings is 1. The average molecular weight is 331 g/mol. The Balaban J connectivity index is 1.93. The van der Waals surface area contributed by atoms with Crippen molar-refractivity contribution in [2.45, 2.75) is 39.7 Å². The highest BCUT2D eigenvalue weighted by Gasteiger charge is 2.28. The molecule has 132 valence electrons. The van der Waals surface area contributed by atoms with Crippen LogP contribution in [0.15, 0.2) is 24.3 Å². The van der Waals surface area contributed by atoms with Crippen molar-refractivity contribution in [1.82, 2.24) is 10.2 Å². The molecule has 5 heteroatoms. The van der Waals surface area contributed by atoms with Gasteiger partial charge >= 0.3 is 0 Å². The fourth-order valence-corrected chi connectivity index (χ4v) is 2.73. The van der Waals surface area contributed by atoms with Gasteiger partial charge in [-0.1, -0.05) is 26.8 Å². The van der Waals surface area contributed by atoms with Crippen molar-refractivity contribution in [2.24, 2.45) is 5.41 Å². The molecule has 0 aromatic heterocycles. The molecule has 1 fully saturated rings. The number of hydrogen-bond donors (Lipinski definition) is 1. The summed E-state index contributed by atoms with van der Waals surface area (Å²) in [6.45, 7) is 7.11. The molecule has 0 bridgehead atoms. The number of amides is 2. The Morgan fingerprint density at radius 1 is 1.17 bits per heavy atom. The molecule has 1 saturated heterocycles. The van der Waals surface area contributed by atoms with Crippen molar-refractivity contribution in [3.05, 3.63) is 29.8 Å². The molecule has 0 unspecified atom stereocenters. The number of carbonyl (C=O) groups excluding carboxylic acids is 2. The lowest BCUT2D eigenvalue weighted by Gasteiger charge is -2.34. The third-order valence-corrected chi connectivity index (χ3v) is 4.41. The molecule has 1 N–H and O–H groups in total. The summed E-state index contributed by atoms with van der Waals surface area (Å²) in [7, 11) is 3.93. The molecule has 0 radical (unpaired) electrons. The van der Waals surface area contributed by atoms with Gasteiger partial charge in [-0.3, -0.25) is 9.59 Å². The van der Waals surface area contributed by atoms with Gasteiger partial charge in [0.2, 0.25) is 5.91 Å². The minimum absolute atomic E-state index is 0.0688. The van der Waals surface area contributed by atoms with Crippen LogP contribution in [-0.2, 0) is 4.79 Å². The number of benzene rings is 1. The standard InChI is InChI=1S/C19H29N3O2/c1-19(2,3)18(24)20-15-9-11-22(12-10-15)17(23)14-7-6-8-16(13-14)21(4)5/h6-8,13,15H,9-12H2,1-5H3,(H,20,24). The maximum Gasteiger partial charge on any atom is 0.253 e. The van der Waals surface area contributed by atoms with E-state index < -0.39 is 0 Å². The Morgan fingerprint density at radius 2 is 1.79 bits per heavy atom. The number of likely N-dealkylation sites (tertiary alicyclic amines) is 1. The predicted octanol–water partition coefficient (Wildman–Crippen LogP) is 2.52. The first-order valence-corrected chi connectivity index (χ1v) is 8.56. The quantitative estimate of drug-likeness (QED) is 0.926. The zero-order valence-electron chi connectivity index (χ0n) is 15.4. The monoisotopic (exact) mass is 331 g/mol. The van der Waals surface area contributed by atoms with E-state index in [4.69, 9.17) is 0 Å². The van der Waals surface area contributed by atoms with Crippen LogP contribution in [0.3, 0.4) is 0 Å². The second-order valence-electron chi connectivity index (χ2n) is 7.73. The highest BCUT2D eigenvalue weighted by atomic mass is 16.2. The number of nitrogens with zero attached hydrogens (tertiary/aromatic N) is 2. The summed E-state index contributed by atoms with van der Waals surface area (Å²) in [4.78, 5) is 28.6. The first-order chi connectivity index (χ1) is 11.2. The average Bonchev–Trinajstić information content (AvgIpc) is 2.54. The van der Waals surface area contributed by atoms with Gasteiger partial charge < -0.3 is 15.1 Å². The molecule has 0 spiro atoms. The number of hydrogen-bond acceptors (Lipinski definition) is 3. The smallest absolute Gasteiger partial charge is 0.253 e. The van der Waals surface area contributed by atoms with E-state index in [2.05, 4.69) is 5.32 Å². The topological polar surface area (TPSA) is 52.7 Å². The van der Waals surface area contributed by atoms with Crippen LogP contribution in [0.5, 0.6) is 0 Å². The van der Waals surface area contributed by atoms with E-state index >= 15 is 0 Å². The van der Waals surface area contributed by atoms with E-state index in [0.717, 1.165) is 24.1 Å². The van der Waals surface area contributed by atoms with Crippen molar-refractivity contribution < 1.29 is 9.59 Å². The largest absolute Gasteiger partial charge is 0.378 e. The van der Waals surface area contributed by atoms with E-state index in [1.165, 1.54) is 0 Å². The lowest BCUT2D eigenvalue weighted by Crippen LogP contribution is -2.49. The summed E-state index contributed by atoms with van der Waals surface area (Å²) in [6.07, 6.45) is 1.61. The summed E-state index contributed by atoms with van der Waals surface area (Å²) in [6, 6.07) is 7.86. The molecular weight excluding hydrogens is 302 g/mol. The Hall–Kier alpha value is -2.04. The molecule has 1 aromatic carbocycles. The summed E-state index contributed by atoms with van der Waals surface area (Å²) < 4.78 is 0. The van der Waals surface area contributed by atoms with E-state index in [1.54, 1.807) is 0 Å². The van der Waals surface area contributed by atoms with Gasteiger partial charge in [-0.05, 0) is 31.0 Å². The molecule has 0 saturated carbocycles. The molecule has 1 heterocycles. The Kier molecular flexibility index (Phi) is 5.52. The van der Waals surface area contributed by atoms with E-state index in [0.29, 0.717) is 13.1 Å². The first kappa shape index (κ1) is 18.3. The fourth-order valence-electron chi connectivity index (χ4n) is 2.73. The van der Waals surface area contributed by atoms with Crippen molar-refractivity contribution in [1.29, 1.82) is 0 Å². The second-order valence-corrected chi connectivity index (χ2v) is 7.73. The molecule has 0 aliphatic carbocycles. The number of carbonyl (C=O) groups is 2. The SMILES string of the molecule is CN(C)c1cccc(C(=O)N2CCC(NC(=O)C(C)(C)C)CC2)c1. The van der Waals surface area contributed by atoms with E-state index in [9.17, 15) is 9.59 Å². The van der Waals surface area contributed by atoms with Gasteiger partial charge in [-0.15, -0.1) is 0 Å². The molecule has 24 heavy (non-hydrogen) atoms. The summed E-state index contributed by atoms with van der Waals surface area (Å²) in [5, 5.41) is 3.10. The normalized spacial score (nSPS) is 16.0. The molecule has 5 nitrogen and oxygen atoms in total. The minimum atomic E-state index is -0.375. The summed E-state index contributed by atoms with van der Waals surface area (Å²) >= 11 is 0. The van der Waals surface area contributed by atoms with Crippen LogP contribution in [0.4, 0.5) is 5.69 Å². The Bertz CT molecular complexity index is 597.